The first kappa shape index (κ1) is 15.8. The van der Waals surface area contributed by atoms with Gasteiger partial charge in [-0.05, 0) is 38.3 Å². The maximum absolute atomic E-state index is 6.83. The summed E-state index contributed by atoms with van der Waals surface area (Å²) < 4.78 is 0. The Morgan fingerprint density at radius 3 is 2.23 bits per heavy atom. The van der Waals surface area contributed by atoms with Gasteiger partial charge in [-0.15, -0.1) is 0 Å². The average Bonchev–Trinajstić information content (AvgIpc) is 2.56. The minimum Gasteiger partial charge on any atom is -0.369 e. The topological polar surface area (TPSA) is 32.5 Å². The predicted molar refractivity (Wildman–Crippen MR) is 94.3 cm³/mol. The van der Waals surface area contributed by atoms with E-state index in [1.165, 1.54) is 30.5 Å². The number of nitrogens with two attached hydrogens (primary N) is 1. The molecule has 22 heavy (non-hydrogen) atoms. The van der Waals surface area contributed by atoms with Crippen LogP contribution in [0, 0.1) is 0 Å². The van der Waals surface area contributed by atoms with Crippen LogP contribution >= 0.6 is 0 Å². The van der Waals surface area contributed by atoms with Gasteiger partial charge in [0.25, 0.3) is 0 Å². The zero-order valence-corrected chi connectivity index (χ0v) is 14.2. The van der Waals surface area contributed by atoms with Crippen molar-refractivity contribution in [1.29, 1.82) is 0 Å². The molecule has 3 nitrogen and oxygen atoms in total. The van der Waals surface area contributed by atoms with Crippen molar-refractivity contribution < 1.29 is 0 Å². The van der Waals surface area contributed by atoms with Crippen molar-refractivity contribution in [2.45, 2.75) is 57.5 Å². The first-order valence-electron chi connectivity index (χ1n) is 8.97. The molecule has 0 atom stereocenters. The summed E-state index contributed by atoms with van der Waals surface area (Å²) in [5.41, 5.74) is 9.49. The van der Waals surface area contributed by atoms with Crippen molar-refractivity contribution in [3.8, 4) is 0 Å². The van der Waals surface area contributed by atoms with Crippen LogP contribution in [0.25, 0.3) is 0 Å². The number of hydrogen-bond acceptors (Lipinski definition) is 3. The van der Waals surface area contributed by atoms with E-state index in [9.17, 15) is 0 Å². The lowest BCUT2D eigenvalue weighted by atomic mass is 9.76. The zero-order valence-electron chi connectivity index (χ0n) is 14.2. The highest BCUT2D eigenvalue weighted by molar-refractivity contribution is 5.57. The van der Waals surface area contributed by atoms with E-state index in [2.05, 4.69) is 47.9 Å². The minimum atomic E-state index is -0.107. The third-order valence-electron chi connectivity index (χ3n) is 5.57. The van der Waals surface area contributed by atoms with Crippen LogP contribution in [0.2, 0.25) is 0 Å². The van der Waals surface area contributed by atoms with Crippen LogP contribution in [-0.2, 0) is 5.54 Å². The monoisotopic (exact) mass is 301 g/mol. The number of nitrogens with zero attached hydrogens (tertiary/aromatic N) is 2. The van der Waals surface area contributed by atoms with Gasteiger partial charge in [0.2, 0.25) is 0 Å². The van der Waals surface area contributed by atoms with E-state index < -0.39 is 0 Å². The molecule has 1 saturated heterocycles. The van der Waals surface area contributed by atoms with Gasteiger partial charge in [-0.1, -0.05) is 37.5 Å². The SMILES string of the molecule is CC(C)N1CCN(c2ccccc2C2(N)CCCCC2)CC1. The molecule has 0 bridgehead atoms. The van der Waals surface area contributed by atoms with E-state index in [1.807, 2.05) is 0 Å². The highest BCUT2D eigenvalue weighted by Crippen LogP contribution is 2.39. The van der Waals surface area contributed by atoms with Crippen molar-refractivity contribution in [2.24, 2.45) is 5.73 Å². The number of para-hydroxylation sites is 1. The molecule has 122 valence electrons. The predicted octanol–water partition coefficient (Wildman–Crippen LogP) is 3.34. The lowest BCUT2D eigenvalue weighted by Crippen LogP contribution is -2.50. The van der Waals surface area contributed by atoms with E-state index in [4.69, 9.17) is 5.73 Å². The first-order valence-corrected chi connectivity index (χ1v) is 8.97. The van der Waals surface area contributed by atoms with Gasteiger partial charge in [-0.3, -0.25) is 4.90 Å². The lowest BCUT2D eigenvalue weighted by molar-refractivity contribution is 0.209. The fraction of sp³-hybridized carbons (Fsp3) is 0.684. The second-order valence-electron chi connectivity index (χ2n) is 7.35. The Morgan fingerprint density at radius 2 is 1.59 bits per heavy atom. The van der Waals surface area contributed by atoms with E-state index in [0.717, 1.165) is 39.0 Å². The van der Waals surface area contributed by atoms with Gasteiger partial charge in [-0.2, -0.15) is 0 Å². The molecule has 2 fully saturated rings. The summed E-state index contributed by atoms with van der Waals surface area (Å²) in [5.74, 6) is 0. The molecular weight excluding hydrogens is 270 g/mol. The molecule has 2 N–H and O–H groups in total. The lowest BCUT2D eigenvalue weighted by Gasteiger charge is -2.42. The summed E-state index contributed by atoms with van der Waals surface area (Å²) >= 11 is 0. The van der Waals surface area contributed by atoms with Gasteiger partial charge < -0.3 is 10.6 Å². The highest BCUT2D eigenvalue weighted by Gasteiger charge is 2.33. The Bertz CT molecular complexity index is 483. The Morgan fingerprint density at radius 1 is 0.955 bits per heavy atom. The molecule has 1 aromatic carbocycles. The molecule has 3 heteroatoms. The molecule has 3 rings (SSSR count). The largest absolute Gasteiger partial charge is 0.369 e. The van der Waals surface area contributed by atoms with Gasteiger partial charge in [0, 0.05) is 43.4 Å². The Hall–Kier alpha value is -1.06. The molecular formula is C19H31N3. The van der Waals surface area contributed by atoms with Crippen molar-refractivity contribution in [1.82, 2.24) is 4.90 Å². The molecule has 1 heterocycles. The summed E-state index contributed by atoms with van der Waals surface area (Å²) in [6, 6.07) is 9.53. The molecule has 0 aromatic heterocycles. The Balaban J connectivity index is 1.80. The van der Waals surface area contributed by atoms with Crippen LogP contribution in [0.1, 0.15) is 51.5 Å². The molecule has 0 unspecified atom stereocenters. The van der Waals surface area contributed by atoms with Gasteiger partial charge in [0.15, 0.2) is 0 Å². The van der Waals surface area contributed by atoms with Crippen molar-refractivity contribution in [2.75, 3.05) is 31.1 Å². The van der Waals surface area contributed by atoms with Crippen LogP contribution in [0.4, 0.5) is 5.69 Å². The van der Waals surface area contributed by atoms with Crippen LogP contribution in [0.5, 0.6) is 0 Å². The first-order chi connectivity index (χ1) is 10.6. The van der Waals surface area contributed by atoms with E-state index in [-0.39, 0.29) is 5.54 Å². The van der Waals surface area contributed by atoms with Crippen LogP contribution in [0.3, 0.4) is 0 Å². The molecule has 2 aliphatic rings. The van der Waals surface area contributed by atoms with Gasteiger partial charge in [0.05, 0.1) is 0 Å². The third-order valence-corrected chi connectivity index (χ3v) is 5.57. The molecule has 1 aliphatic heterocycles. The average molecular weight is 301 g/mol. The van der Waals surface area contributed by atoms with Gasteiger partial charge >= 0.3 is 0 Å². The van der Waals surface area contributed by atoms with Gasteiger partial charge in [0.1, 0.15) is 0 Å². The Labute approximate surface area is 135 Å². The number of anilines is 1. The number of hydrogen-bond donors (Lipinski definition) is 1. The van der Waals surface area contributed by atoms with E-state index in [0.29, 0.717) is 6.04 Å². The second kappa shape index (κ2) is 6.59. The summed E-state index contributed by atoms with van der Waals surface area (Å²) in [7, 11) is 0. The van der Waals surface area contributed by atoms with Crippen LogP contribution in [0.15, 0.2) is 24.3 Å². The molecule has 0 amide bonds. The van der Waals surface area contributed by atoms with Crippen molar-refractivity contribution in [3.05, 3.63) is 29.8 Å². The standard InChI is InChI=1S/C19H31N3/c1-16(2)21-12-14-22(15-13-21)18-9-5-4-8-17(18)19(20)10-6-3-7-11-19/h4-5,8-9,16H,3,6-7,10-15,20H2,1-2H3. The minimum absolute atomic E-state index is 0.107. The van der Waals surface area contributed by atoms with Crippen molar-refractivity contribution >= 4 is 5.69 Å². The number of benzene rings is 1. The number of piperazine rings is 1. The Kier molecular flexibility index (Phi) is 4.74. The van der Waals surface area contributed by atoms with E-state index >= 15 is 0 Å². The molecule has 1 aliphatic carbocycles. The fourth-order valence-electron chi connectivity index (χ4n) is 4.10. The summed E-state index contributed by atoms with van der Waals surface area (Å²) in [6.07, 6.45) is 6.15. The summed E-state index contributed by atoms with van der Waals surface area (Å²) in [4.78, 5) is 5.12. The number of rotatable bonds is 3. The van der Waals surface area contributed by atoms with Crippen LogP contribution < -0.4 is 10.6 Å². The maximum Gasteiger partial charge on any atom is 0.0430 e. The maximum atomic E-state index is 6.83. The smallest absolute Gasteiger partial charge is 0.0430 e. The summed E-state index contributed by atoms with van der Waals surface area (Å²) in [6.45, 7) is 9.13. The zero-order chi connectivity index (χ0) is 15.6. The highest BCUT2D eigenvalue weighted by atomic mass is 15.3. The van der Waals surface area contributed by atoms with Crippen LogP contribution in [-0.4, -0.2) is 37.1 Å². The van der Waals surface area contributed by atoms with Crippen molar-refractivity contribution in [3.63, 3.8) is 0 Å². The summed E-state index contributed by atoms with van der Waals surface area (Å²) in [5, 5.41) is 0. The molecule has 0 spiro atoms. The quantitative estimate of drug-likeness (QED) is 0.929. The van der Waals surface area contributed by atoms with Gasteiger partial charge in [-0.25, -0.2) is 0 Å². The molecule has 1 aromatic rings. The molecule has 0 radical (unpaired) electrons. The van der Waals surface area contributed by atoms with E-state index in [1.54, 1.807) is 0 Å². The second-order valence-corrected chi connectivity index (χ2v) is 7.35. The molecule has 1 saturated carbocycles. The third kappa shape index (κ3) is 3.16. The normalized spacial score (nSPS) is 23.0. The fourth-order valence-corrected chi connectivity index (χ4v) is 4.10.